The van der Waals surface area contributed by atoms with Gasteiger partial charge < -0.3 is 0 Å². The second kappa shape index (κ2) is 3.90. The highest BCUT2D eigenvalue weighted by molar-refractivity contribution is 6.30. The lowest BCUT2D eigenvalue weighted by Gasteiger charge is -2.04. The lowest BCUT2D eigenvalue weighted by atomic mass is 10.2. The van der Waals surface area contributed by atoms with Gasteiger partial charge in [0.05, 0.1) is 16.9 Å². The van der Waals surface area contributed by atoms with Crippen LogP contribution in [-0.4, -0.2) is 9.38 Å². The smallest absolute Gasteiger partial charge is 0.140 e. The molecule has 0 saturated heterocycles. The van der Waals surface area contributed by atoms with E-state index in [1.807, 2.05) is 48.0 Å². The Kier molecular flexibility index (Phi) is 2.37. The molecule has 0 bridgehead atoms. The number of rotatable bonds is 1. The van der Waals surface area contributed by atoms with E-state index < -0.39 is 0 Å². The van der Waals surface area contributed by atoms with Gasteiger partial charge in [0, 0.05) is 11.8 Å². The molecule has 3 aromatic rings. The van der Waals surface area contributed by atoms with Crippen molar-refractivity contribution >= 4 is 17.2 Å². The third kappa shape index (κ3) is 1.71. The van der Waals surface area contributed by atoms with Gasteiger partial charge in [0.1, 0.15) is 5.65 Å². The molecule has 84 valence electrons. The van der Waals surface area contributed by atoms with E-state index in [0.717, 1.165) is 27.5 Å². The summed E-state index contributed by atoms with van der Waals surface area (Å²) in [5.41, 5.74) is 4.24. The molecule has 0 amide bonds. The number of imidazole rings is 1. The highest BCUT2D eigenvalue weighted by Crippen LogP contribution is 2.24. The Hall–Kier alpha value is -1.80. The van der Waals surface area contributed by atoms with Crippen LogP contribution in [0, 0.1) is 6.92 Å². The number of aryl methyl sites for hydroxylation is 1. The Balaban J connectivity index is 2.32. The number of aromatic nitrogens is 2. The molecule has 0 fully saturated rings. The number of benzene rings is 1. The zero-order chi connectivity index (χ0) is 11.8. The Morgan fingerprint density at radius 3 is 2.71 bits per heavy atom. The predicted octanol–water partition coefficient (Wildman–Crippen LogP) is 3.96. The number of halogens is 1. The molecule has 0 aliphatic rings. The minimum atomic E-state index is 0.727. The molecule has 17 heavy (non-hydrogen) atoms. The van der Waals surface area contributed by atoms with E-state index in [2.05, 4.69) is 17.1 Å². The fourth-order valence-corrected chi connectivity index (χ4v) is 2.30. The van der Waals surface area contributed by atoms with Gasteiger partial charge in [-0.2, -0.15) is 0 Å². The molecule has 2 aromatic heterocycles. The topological polar surface area (TPSA) is 17.3 Å². The SMILES string of the molecule is Cc1cc(Cl)cn2c(-c3ccccc3)cnc12. The second-order valence-corrected chi connectivity index (χ2v) is 4.48. The summed E-state index contributed by atoms with van der Waals surface area (Å²) in [7, 11) is 0. The van der Waals surface area contributed by atoms with Crippen molar-refractivity contribution in [2.24, 2.45) is 0 Å². The molecule has 2 nitrogen and oxygen atoms in total. The molecule has 0 aliphatic carbocycles. The van der Waals surface area contributed by atoms with Crippen LogP contribution in [0.4, 0.5) is 0 Å². The van der Waals surface area contributed by atoms with E-state index in [1.165, 1.54) is 0 Å². The zero-order valence-electron chi connectivity index (χ0n) is 9.39. The van der Waals surface area contributed by atoms with E-state index in [-0.39, 0.29) is 0 Å². The van der Waals surface area contributed by atoms with Crippen molar-refractivity contribution in [2.45, 2.75) is 6.92 Å². The maximum atomic E-state index is 6.09. The molecule has 0 radical (unpaired) electrons. The number of pyridine rings is 1. The fraction of sp³-hybridized carbons (Fsp3) is 0.0714. The summed E-state index contributed by atoms with van der Waals surface area (Å²) in [6, 6.07) is 12.1. The minimum Gasteiger partial charge on any atom is -0.298 e. The number of nitrogens with zero attached hydrogens (tertiary/aromatic N) is 2. The first kappa shape index (κ1) is 10.4. The molecule has 0 N–H and O–H groups in total. The van der Waals surface area contributed by atoms with E-state index in [9.17, 15) is 0 Å². The molecule has 3 heteroatoms. The first-order valence-electron chi connectivity index (χ1n) is 5.44. The van der Waals surface area contributed by atoms with E-state index >= 15 is 0 Å². The number of fused-ring (bicyclic) bond motifs is 1. The molecule has 0 aliphatic heterocycles. The third-order valence-electron chi connectivity index (χ3n) is 2.83. The van der Waals surface area contributed by atoms with Crippen LogP contribution in [0.25, 0.3) is 16.9 Å². The van der Waals surface area contributed by atoms with Crippen molar-refractivity contribution in [1.82, 2.24) is 9.38 Å². The van der Waals surface area contributed by atoms with Crippen LogP contribution in [0.5, 0.6) is 0 Å². The molecule has 0 spiro atoms. The van der Waals surface area contributed by atoms with E-state index in [0.29, 0.717) is 0 Å². The van der Waals surface area contributed by atoms with Crippen molar-refractivity contribution in [3.05, 3.63) is 59.4 Å². The normalized spacial score (nSPS) is 10.9. The van der Waals surface area contributed by atoms with Crippen LogP contribution in [0.2, 0.25) is 5.02 Å². The zero-order valence-corrected chi connectivity index (χ0v) is 10.1. The third-order valence-corrected chi connectivity index (χ3v) is 3.03. The van der Waals surface area contributed by atoms with Gasteiger partial charge in [-0.1, -0.05) is 41.9 Å². The van der Waals surface area contributed by atoms with Gasteiger partial charge in [-0.25, -0.2) is 4.98 Å². The maximum Gasteiger partial charge on any atom is 0.140 e. The molecule has 0 atom stereocenters. The molecular formula is C14H11ClN2. The van der Waals surface area contributed by atoms with Gasteiger partial charge >= 0.3 is 0 Å². The highest BCUT2D eigenvalue weighted by Gasteiger charge is 2.07. The van der Waals surface area contributed by atoms with Crippen molar-refractivity contribution in [1.29, 1.82) is 0 Å². The first-order chi connectivity index (χ1) is 8.25. The Morgan fingerprint density at radius 2 is 1.94 bits per heavy atom. The van der Waals surface area contributed by atoms with Gasteiger partial charge in [0.2, 0.25) is 0 Å². The largest absolute Gasteiger partial charge is 0.298 e. The van der Waals surface area contributed by atoms with Crippen LogP contribution in [-0.2, 0) is 0 Å². The van der Waals surface area contributed by atoms with Crippen LogP contribution < -0.4 is 0 Å². The Morgan fingerprint density at radius 1 is 1.18 bits per heavy atom. The molecule has 1 aromatic carbocycles. The van der Waals surface area contributed by atoms with Gasteiger partial charge in [0.15, 0.2) is 0 Å². The number of hydrogen-bond acceptors (Lipinski definition) is 1. The monoisotopic (exact) mass is 242 g/mol. The summed E-state index contributed by atoms with van der Waals surface area (Å²) >= 11 is 6.09. The van der Waals surface area contributed by atoms with Gasteiger partial charge in [-0.05, 0) is 18.6 Å². The van der Waals surface area contributed by atoms with E-state index in [4.69, 9.17) is 11.6 Å². The van der Waals surface area contributed by atoms with Gasteiger partial charge in [0.25, 0.3) is 0 Å². The van der Waals surface area contributed by atoms with Crippen molar-refractivity contribution in [3.63, 3.8) is 0 Å². The van der Waals surface area contributed by atoms with Crippen LogP contribution in [0.3, 0.4) is 0 Å². The van der Waals surface area contributed by atoms with Crippen LogP contribution >= 0.6 is 11.6 Å². The Labute approximate surface area is 104 Å². The molecule has 3 rings (SSSR count). The summed E-state index contributed by atoms with van der Waals surface area (Å²) in [5.74, 6) is 0. The molecule has 2 heterocycles. The summed E-state index contributed by atoms with van der Waals surface area (Å²) in [6.07, 6.45) is 3.78. The first-order valence-corrected chi connectivity index (χ1v) is 5.82. The molecule has 0 unspecified atom stereocenters. The summed E-state index contributed by atoms with van der Waals surface area (Å²) in [4.78, 5) is 4.44. The lowest BCUT2D eigenvalue weighted by Crippen LogP contribution is -1.90. The quantitative estimate of drug-likeness (QED) is 0.631. The highest BCUT2D eigenvalue weighted by atomic mass is 35.5. The van der Waals surface area contributed by atoms with Crippen molar-refractivity contribution < 1.29 is 0 Å². The van der Waals surface area contributed by atoms with Gasteiger partial charge in [-0.15, -0.1) is 0 Å². The second-order valence-electron chi connectivity index (χ2n) is 4.04. The average Bonchev–Trinajstić information content (AvgIpc) is 2.74. The summed E-state index contributed by atoms with van der Waals surface area (Å²) in [5, 5.41) is 0.727. The summed E-state index contributed by atoms with van der Waals surface area (Å²) in [6.45, 7) is 2.02. The minimum absolute atomic E-state index is 0.727. The van der Waals surface area contributed by atoms with Gasteiger partial charge in [-0.3, -0.25) is 4.40 Å². The summed E-state index contributed by atoms with van der Waals surface area (Å²) < 4.78 is 2.03. The van der Waals surface area contributed by atoms with E-state index in [1.54, 1.807) is 0 Å². The average molecular weight is 243 g/mol. The van der Waals surface area contributed by atoms with Crippen molar-refractivity contribution in [3.8, 4) is 11.3 Å². The fourth-order valence-electron chi connectivity index (χ4n) is 2.04. The van der Waals surface area contributed by atoms with Crippen LogP contribution in [0.1, 0.15) is 5.56 Å². The maximum absolute atomic E-state index is 6.09. The molecular weight excluding hydrogens is 232 g/mol. The van der Waals surface area contributed by atoms with Crippen molar-refractivity contribution in [2.75, 3.05) is 0 Å². The number of hydrogen-bond donors (Lipinski definition) is 0. The molecule has 0 saturated carbocycles. The Bertz CT molecular complexity index is 671. The lowest BCUT2D eigenvalue weighted by molar-refractivity contribution is 1.17. The van der Waals surface area contributed by atoms with Crippen LogP contribution in [0.15, 0.2) is 48.8 Å². The standard InChI is InChI=1S/C14H11ClN2/c1-10-7-12(15)9-17-13(8-16-14(10)17)11-5-3-2-4-6-11/h2-9H,1H3. The predicted molar refractivity (Wildman–Crippen MR) is 70.4 cm³/mol.